The highest BCUT2D eigenvalue weighted by Crippen LogP contribution is 2.21. The maximum Gasteiger partial charge on any atom is 0.259 e. The second-order valence-electron chi connectivity index (χ2n) is 3.76. The molecule has 0 saturated carbocycles. The number of hydrogen-bond donors (Lipinski definition) is 1. The molecule has 0 spiro atoms. The second kappa shape index (κ2) is 5.33. The quantitative estimate of drug-likeness (QED) is 0.860. The summed E-state index contributed by atoms with van der Waals surface area (Å²) in [5, 5.41) is 4.35. The first-order valence-corrected chi connectivity index (χ1v) is 6.87. The number of halogens is 1. The van der Waals surface area contributed by atoms with E-state index in [9.17, 15) is 12.8 Å². The molecular weight excluding hydrogens is 271 g/mol. The molecule has 0 amide bonds. The second-order valence-corrected chi connectivity index (χ2v) is 5.23. The van der Waals surface area contributed by atoms with Gasteiger partial charge in [0.15, 0.2) is 5.75 Å². The van der Waals surface area contributed by atoms with Crippen LogP contribution in [-0.2, 0) is 16.6 Å². The number of nitrogens with zero attached hydrogens (tertiary/aromatic N) is 1. The summed E-state index contributed by atoms with van der Waals surface area (Å²) in [7, 11) is -4.14. The molecule has 0 atom stereocenters. The highest BCUT2D eigenvalue weighted by molar-refractivity contribution is 7.89. The van der Waals surface area contributed by atoms with Crippen LogP contribution in [0, 0.1) is 5.95 Å². The van der Waals surface area contributed by atoms with E-state index in [0.717, 1.165) is 11.6 Å². The normalized spacial score (nSPS) is 11.3. The SMILES string of the molecule is NS(=O)(=O)c1nc(F)ccc1OCc1ccccc1. The number of primary sulfonamides is 1. The topological polar surface area (TPSA) is 82.3 Å². The summed E-state index contributed by atoms with van der Waals surface area (Å²) < 4.78 is 40.8. The van der Waals surface area contributed by atoms with E-state index in [2.05, 4.69) is 4.98 Å². The minimum Gasteiger partial charge on any atom is -0.486 e. The number of pyridine rings is 1. The van der Waals surface area contributed by atoms with Gasteiger partial charge in [0, 0.05) is 0 Å². The molecule has 7 heteroatoms. The van der Waals surface area contributed by atoms with Gasteiger partial charge in [0.2, 0.25) is 11.0 Å². The first-order valence-electron chi connectivity index (χ1n) is 5.33. The number of aromatic nitrogens is 1. The van der Waals surface area contributed by atoms with Crippen molar-refractivity contribution in [3.05, 3.63) is 54.0 Å². The van der Waals surface area contributed by atoms with Crippen LogP contribution in [0.25, 0.3) is 0 Å². The van der Waals surface area contributed by atoms with Crippen molar-refractivity contribution in [2.45, 2.75) is 11.6 Å². The average Bonchev–Trinajstić information content (AvgIpc) is 2.37. The maximum absolute atomic E-state index is 13.0. The van der Waals surface area contributed by atoms with Crippen molar-refractivity contribution in [3.8, 4) is 5.75 Å². The number of rotatable bonds is 4. The van der Waals surface area contributed by atoms with Gasteiger partial charge in [-0.05, 0) is 17.7 Å². The standard InChI is InChI=1S/C12H11FN2O3S/c13-11-7-6-10(12(15-11)19(14,16)17)18-8-9-4-2-1-3-5-9/h1-7H,8H2,(H2,14,16,17). The highest BCUT2D eigenvalue weighted by Gasteiger charge is 2.18. The summed E-state index contributed by atoms with van der Waals surface area (Å²) in [5.41, 5.74) is 0.840. The fourth-order valence-corrected chi connectivity index (χ4v) is 2.08. The molecule has 1 heterocycles. The van der Waals surface area contributed by atoms with Gasteiger partial charge in [-0.3, -0.25) is 0 Å². The van der Waals surface area contributed by atoms with Gasteiger partial charge in [0.1, 0.15) is 6.61 Å². The Hall–Kier alpha value is -1.99. The van der Waals surface area contributed by atoms with Gasteiger partial charge >= 0.3 is 0 Å². The zero-order valence-electron chi connectivity index (χ0n) is 9.78. The van der Waals surface area contributed by atoms with Crippen molar-refractivity contribution >= 4 is 10.0 Å². The molecule has 2 N–H and O–H groups in total. The highest BCUT2D eigenvalue weighted by atomic mass is 32.2. The van der Waals surface area contributed by atoms with Crippen LogP contribution >= 0.6 is 0 Å². The Balaban J connectivity index is 2.26. The Morgan fingerprint density at radius 3 is 2.47 bits per heavy atom. The number of nitrogens with two attached hydrogens (primary N) is 1. The molecule has 0 radical (unpaired) electrons. The smallest absolute Gasteiger partial charge is 0.259 e. The minimum absolute atomic E-state index is 0.0762. The molecule has 0 saturated heterocycles. The van der Waals surface area contributed by atoms with Crippen LogP contribution in [0.2, 0.25) is 0 Å². The fraction of sp³-hybridized carbons (Fsp3) is 0.0833. The van der Waals surface area contributed by atoms with E-state index in [1.807, 2.05) is 30.3 Å². The summed E-state index contributed by atoms with van der Waals surface area (Å²) in [4.78, 5) is 3.25. The van der Waals surface area contributed by atoms with Gasteiger partial charge in [0.05, 0.1) is 0 Å². The number of sulfonamides is 1. The van der Waals surface area contributed by atoms with Gasteiger partial charge in [0.25, 0.3) is 10.0 Å². The van der Waals surface area contributed by atoms with Gasteiger partial charge in [-0.25, -0.2) is 18.5 Å². The first-order chi connectivity index (χ1) is 8.97. The molecule has 19 heavy (non-hydrogen) atoms. The Labute approximate surface area is 109 Å². The van der Waals surface area contributed by atoms with Crippen molar-refractivity contribution < 1.29 is 17.5 Å². The molecule has 1 aromatic heterocycles. The van der Waals surface area contributed by atoms with E-state index in [1.165, 1.54) is 6.07 Å². The Morgan fingerprint density at radius 1 is 1.16 bits per heavy atom. The number of benzene rings is 1. The third kappa shape index (κ3) is 3.49. The van der Waals surface area contributed by atoms with Crippen molar-refractivity contribution in [1.82, 2.24) is 4.98 Å². The third-order valence-electron chi connectivity index (χ3n) is 2.30. The number of ether oxygens (including phenoxy) is 1. The van der Waals surface area contributed by atoms with E-state index in [4.69, 9.17) is 9.88 Å². The summed E-state index contributed by atoms with van der Waals surface area (Å²) in [5.74, 6) is -1.01. The monoisotopic (exact) mass is 282 g/mol. The minimum atomic E-state index is -4.14. The van der Waals surface area contributed by atoms with Crippen LogP contribution < -0.4 is 9.88 Å². The summed E-state index contributed by atoms with van der Waals surface area (Å²) >= 11 is 0. The van der Waals surface area contributed by atoms with E-state index >= 15 is 0 Å². The summed E-state index contributed by atoms with van der Waals surface area (Å²) in [6.07, 6.45) is 0. The molecule has 0 aliphatic rings. The van der Waals surface area contributed by atoms with Crippen molar-refractivity contribution in [2.75, 3.05) is 0 Å². The van der Waals surface area contributed by atoms with Crippen LogP contribution in [0.15, 0.2) is 47.5 Å². The van der Waals surface area contributed by atoms with Gasteiger partial charge in [-0.2, -0.15) is 4.39 Å². The maximum atomic E-state index is 13.0. The zero-order valence-corrected chi connectivity index (χ0v) is 10.6. The lowest BCUT2D eigenvalue weighted by atomic mass is 10.2. The van der Waals surface area contributed by atoms with E-state index < -0.39 is 21.0 Å². The fourth-order valence-electron chi connectivity index (χ4n) is 1.45. The Morgan fingerprint density at radius 2 is 1.84 bits per heavy atom. The van der Waals surface area contributed by atoms with Crippen LogP contribution in [0.3, 0.4) is 0 Å². The average molecular weight is 282 g/mol. The third-order valence-corrected chi connectivity index (χ3v) is 3.13. The Kier molecular flexibility index (Phi) is 3.77. The van der Waals surface area contributed by atoms with Gasteiger partial charge in [-0.15, -0.1) is 0 Å². The molecule has 100 valence electrons. The van der Waals surface area contributed by atoms with Crippen LogP contribution in [0.4, 0.5) is 4.39 Å². The molecule has 2 rings (SSSR count). The molecular formula is C12H11FN2O3S. The van der Waals surface area contributed by atoms with Crippen LogP contribution in [0.5, 0.6) is 5.75 Å². The Bertz CT molecular complexity index is 675. The van der Waals surface area contributed by atoms with E-state index in [-0.39, 0.29) is 12.4 Å². The van der Waals surface area contributed by atoms with Gasteiger partial charge < -0.3 is 4.74 Å². The first kappa shape index (κ1) is 13.4. The van der Waals surface area contributed by atoms with Crippen molar-refractivity contribution in [1.29, 1.82) is 0 Å². The van der Waals surface area contributed by atoms with Crippen molar-refractivity contribution in [3.63, 3.8) is 0 Å². The lowest BCUT2D eigenvalue weighted by molar-refractivity contribution is 0.293. The lowest BCUT2D eigenvalue weighted by Crippen LogP contribution is -2.16. The van der Waals surface area contributed by atoms with Gasteiger partial charge in [-0.1, -0.05) is 30.3 Å². The summed E-state index contributed by atoms with van der Waals surface area (Å²) in [6, 6.07) is 11.3. The number of hydrogen-bond acceptors (Lipinski definition) is 4. The van der Waals surface area contributed by atoms with Crippen molar-refractivity contribution in [2.24, 2.45) is 5.14 Å². The lowest BCUT2D eigenvalue weighted by Gasteiger charge is -2.09. The predicted octanol–water partition coefficient (Wildman–Crippen LogP) is 1.45. The molecule has 5 nitrogen and oxygen atoms in total. The molecule has 1 aromatic carbocycles. The molecule has 0 bridgehead atoms. The predicted molar refractivity (Wildman–Crippen MR) is 66.3 cm³/mol. The molecule has 0 unspecified atom stereocenters. The largest absolute Gasteiger partial charge is 0.486 e. The van der Waals surface area contributed by atoms with E-state index in [0.29, 0.717) is 0 Å². The summed E-state index contributed by atoms with van der Waals surface area (Å²) in [6.45, 7) is 0.136. The van der Waals surface area contributed by atoms with Crippen LogP contribution in [-0.4, -0.2) is 13.4 Å². The zero-order chi connectivity index (χ0) is 13.9. The molecule has 2 aromatic rings. The molecule has 0 aliphatic heterocycles. The van der Waals surface area contributed by atoms with E-state index in [1.54, 1.807) is 0 Å². The molecule has 0 fully saturated rings. The molecule has 0 aliphatic carbocycles. The van der Waals surface area contributed by atoms with Crippen LogP contribution in [0.1, 0.15) is 5.56 Å².